The summed E-state index contributed by atoms with van der Waals surface area (Å²) in [4.78, 5) is 4.78. The largest absolute Gasteiger partial charge is 0.248 e. The van der Waals surface area contributed by atoms with Gasteiger partial charge in [-0.2, -0.15) is 0 Å². The van der Waals surface area contributed by atoms with Gasteiger partial charge in [0.05, 0.1) is 11.2 Å². The highest BCUT2D eigenvalue weighted by Crippen LogP contribution is 2.29. The van der Waals surface area contributed by atoms with E-state index in [4.69, 9.17) is 4.98 Å². The van der Waals surface area contributed by atoms with Crippen molar-refractivity contribution >= 4 is 32.4 Å². The third-order valence-corrected chi connectivity index (χ3v) is 4.53. The van der Waals surface area contributed by atoms with Crippen molar-refractivity contribution in [3.63, 3.8) is 0 Å². The Hall–Kier alpha value is -3.19. The first-order valence-corrected chi connectivity index (χ1v) is 8.08. The van der Waals surface area contributed by atoms with Crippen LogP contribution in [0.3, 0.4) is 0 Å². The molecule has 1 heterocycles. The van der Waals surface area contributed by atoms with E-state index in [2.05, 4.69) is 72.8 Å². The van der Waals surface area contributed by atoms with E-state index in [1.807, 2.05) is 18.2 Å². The molecule has 0 unspecified atom stereocenters. The van der Waals surface area contributed by atoms with Gasteiger partial charge in [-0.15, -0.1) is 0 Å². The number of rotatable bonds is 1. The summed E-state index contributed by atoms with van der Waals surface area (Å²) < 4.78 is 0. The molecule has 1 heteroatoms. The van der Waals surface area contributed by atoms with Crippen molar-refractivity contribution in [1.82, 2.24) is 4.98 Å². The van der Waals surface area contributed by atoms with Gasteiger partial charge in [0.2, 0.25) is 0 Å². The number of fused-ring (bicyclic) bond motifs is 4. The minimum absolute atomic E-state index is 0.962. The van der Waals surface area contributed by atoms with Gasteiger partial charge in [0.25, 0.3) is 0 Å². The third-order valence-electron chi connectivity index (χ3n) is 4.53. The first-order valence-electron chi connectivity index (χ1n) is 8.08. The van der Waals surface area contributed by atoms with Crippen molar-refractivity contribution in [3.8, 4) is 11.3 Å². The highest BCUT2D eigenvalue weighted by atomic mass is 14.7. The fraction of sp³-hybridized carbons (Fsp3) is 0. The Balaban J connectivity index is 1.72. The van der Waals surface area contributed by atoms with Crippen LogP contribution in [0, 0.1) is 6.07 Å². The van der Waals surface area contributed by atoms with Crippen molar-refractivity contribution < 1.29 is 0 Å². The lowest BCUT2D eigenvalue weighted by molar-refractivity contribution is 1.40. The van der Waals surface area contributed by atoms with Crippen LogP contribution >= 0.6 is 0 Å². The fourth-order valence-corrected chi connectivity index (χ4v) is 3.30. The van der Waals surface area contributed by atoms with Crippen LogP contribution < -0.4 is 0 Å². The zero-order valence-corrected chi connectivity index (χ0v) is 13.0. The molecule has 0 saturated heterocycles. The van der Waals surface area contributed by atoms with E-state index in [0.717, 1.165) is 27.5 Å². The number of hydrogen-bond acceptors (Lipinski definition) is 1. The average Bonchev–Trinajstić information content (AvgIpc) is 2.67. The Labute approximate surface area is 140 Å². The first kappa shape index (κ1) is 13.3. The van der Waals surface area contributed by atoms with Crippen molar-refractivity contribution in [1.29, 1.82) is 0 Å². The van der Waals surface area contributed by atoms with Gasteiger partial charge in [-0.25, -0.2) is 4.98 Å². The molecule has 1 aromatic heterocycles. The number of hydrogen-bond donors (Lipinski definition) is 0. The van der Waals surface area contributed by atoms with E-state index in [9.17, 15) is 0 Å². The summed E-state index contributed by atoms with van der Waals surface area (Å²) in [5.74, 6) is 0. The average molecular weight is 304 g/mol. The molecule has 4 aromatic carbocycles. The molecule has 5 aromatic rings. The van der Waals surface area contributed by atoms with Gasteiger partial charge in [0.15, 0.2) is 0 Å². The van der Waals surface area contributed by atoms with Crippen LogP contribution in [-0.2, 0) is 0 Å². The summed E-state index contributed by atoms with van der Waals surface area (Å²) in [6.07, 6.45) is 0. The van der Waals surface area contributed by atoms with Crippen LogP contribution in [0.1, 0.15) is 0 Å². The smallest absolute Gasteiger partial charge is 0.0716 e. The zero-order valence-electron chi connectivity index (χ0n) is 13.0. The standard InChI is InChI=1S/C23H14N/c1-3-7-20-16(5-1)9-10-18-15-19(11-13-21(18)20)23-14-12-17-6-2-4-8-22(17)24-23/h1-14H. The van der Waals surface area contributed by atoms with Crippen LogP contribution in [0.15, 0.2) is 84.9 Å². The van der Waals surface area contributed by atoms with Crippen LogP contribution in [0.4, 0.5) is 0 Å². The molecule has 0 fully saturated rings. The monoisotopic (exact) mass is 304 g/mol. The normalized spacial score (nSPS) is 11.3. The maximum absolute atomic E-state index is 4.78. The molecule has 0 aliphatic heterocycles. The summed E-state index contributed by atoms with van der Waals surface area (Å²) in [5.41, 5.74) is 3.01. The minimum Gasteiger partial charge on any atom is -0.248 e. The Kier molecular flexibility index (Phi) is 2.86. The van der Waals surface area contributed by atoms with Crippen LogP contribution in [0.25, 0.3) is 43.7 Å². The van der Waals surface area contributed by atoms with Gasteiger partial charge in [-0.1, -0.05) is 72.8 Å². The van der Waals surface area contributed by atoms with Crippen LogP contribution in [0.2, 0.25) is 0 Å². The van der Waals surface area contributed by atoms with E-state index >= 15 is 0 Å². The SMILES string of the molecule is [c]1c(-c2ccc3ccccc3n2)ccc2c1ccc1ccccc12. The van der Waals surface area contributed by atoms with Crippen LogP contribution in [0.5, 0.6) is 0 Å². The number of benzene rings is 4. The molecule has 0 bridgehead atoms. The summed E-state index contributed by atoms with van der Waals surface area (Å²) >= 11 is 0. The second kappa shape index (κ2) is 5.17. The molecule has 5 rings (SSSR count). The summed E-state index contributed by atoms with van der Waals surface area (Å²) in [6.45, 7) is 0. The number of pyridine rings is 1. The molecule has 0 N–H and O–H groups in total. The Morgan fingerprint density at radius 2 is 1.38 bits per heavy atom. The van der Waals surface area contributed by atoms with Gasteiger partial charge < -0.3 is 0 Å². The van der Waals surface area contributed by atoms with Crippen molar-refractivity contribution in [2.75, 3.05) is 0 Å². The lowest BCUT2D eigenvalue weighted by Gasteiger charge is -2.07. The maximum Gasteiger partial charge on any atom is 0.0716 e. The van der Waals surface area contributed by atoms with E-state index in [1.165, 1.54) is 16.2 Å². The topological polar surface area (TPSA) is 12.9 Å². The lowest BCUT2D eigenvalue weighted by atomic mass is 9.99. The molecule has 0 aliphatic carbocycles. The summed E-state index contributed by atoms with van der Waals surface area (Å²) in [6, 6.07) is 33.0. The lowest BCUT2D eigenvalue weighted by Crippen LogP contribution is -1.86. The molecule has 24 heavy (non-hydrogen) atoms. The third kappa shape index (κ3) is 2.06. The van der Waals surface area contributed by atoms with Gasteiger partial charge in [0, 0.05) is 17.0 Å². The molecule has 1 radical (unpaired) electrons. The molecular formula is C23H14N. The second-order valence-electron chi connectivity index (χ2n) is 6.01. The molecule has 0 saturated carbocycles. The highest BCUT2D eigenvalue weighted by Gasteiger charge is 2.05. The van der Waals surface area contributed by atoms with Gasteiger partial charge in [-0.3, -0.25) is 0 Å². The van der Waals surface area contributed by atoms with Crippen molar-refractivity contribution in [2.24, 2.45) is 0 Å². The minimum atomic E-state index is 0.962. The maximum atomic E-state index is 4.78. The Bertz CT molecular complexity index is 1200. The highest BCUT2D eigenvalue weighted by molar-refractivity contribution is 6.08. The molecule has 0 amide bonds. The van der Waals surface area contributed by atoms with E-state index in [-0.39, 0.29) is 0 Å². The quantitative estimate of drug-likeness (QED) is 0.346. The van der Waals surface area contributed by atoms with Gasteiger partial charge in [-0.05, 0) is 33.7 Å². The number of aromatic nitrogens is 1. The molecular weight excluding hydrogens is 290 g/mol. The van der Waals surface area contributed by atoms with Crippen LogP contribution in [-0.4, -0.2) is 4.98 Å². The summed E-state index contributed by atoms with van der Waals surface area (Å²) in [7, 11) is 0. The molecule has 0 spiro atoms. The van der Waals surface area contributed by atoms with Gasteiger partial charge in [0.1, 0.15) is 0 Å². The number of para-hydroxylation sites is 1. The molecule has 1 nitrogen and oxygen atoms in total. The van der Waals surface area contributed by atoms with Crippen molar-refractivity contribution in [2.45, 2.75) is 0 Å². The van der Waals surface area contributed by atoms with E-state index < -0.39 is 0 Å². The number of nitrogens with zero attached hydrogens (tertiary/aromatic N) is 1. The second-order valence-corrected chi connectivity index (χ2v) is 6.01. The Morgan fingerprint density at radius 3 is 2.33 bits per heavy atom. The molecule has 0 aliphatic rings. The van der Waals surface area contributed by atoms with Gasteiger partial charge >= 0.3 is 0 Å². The summed E-state index contributed by atoms with van der Waals surface area (Å²) in [5, 5.41) is 6.05. The predicted octanol–water partition coefficient (Wildman–Crippen LogP) is 6.01. The Morgan fingerprint density at radius 1 is 0.583 bits per heavy atom. The molecule has 0 atom stereocenters. The first-order chi connectivity index (χ1) is 11.9. The van der Waals surface area contributed by atoms with E-state index in [0.29, 0.717) is 0 Å². The van der Waals surface area contributed by atoms with Crippen molar-refractivity contribution in [3.05, 3.63) is 91.0 Å². The predicted molar refractivity (Wildman–Crippen MR) is 101 cm³/mol. The zero-order chi connectivity index (χ0) is 15.9. The fourth-order valence-electron chi connectivity index (χ4n) is 3.30. The molecule has 111 valence electrons. The van der Waals surface area contributed by atoms with E-state index in [1.54, 1.807) is 0 Å².